The zero-order valence-electron chi connectivity index (χ0n) is 12.9. The topological polar surface area (TPSA) is 113 Å². The molecular weight excluding hydrogens is 308 g/mol. The summed E-state index contributed by atoms with van der Waals surface area (Å²) < 4.78 is 26.3. The first-order valence-electron chi connectivity index (χ1n) is 6.64. The number of carboxylic acids is 1. The monoisotopic (exact) mass is 328 g/mol. The Bertz CT molecular complexity index is 663. The van der Waals surface area contributed by atoms with Crippen LogP contribution in [0.3, 0.4) is 0 Å². The van der Waals surface area contributed by atoms with Gasteiger partial charge in [0.2, 0.25) is 10.0 Å². The van der Waals surface area contributed by atoms with Gasteiger partial charge in [0, 0.05) is 11.6 Å². The van der Waals surface area contributed by atoms with Gasteiger partial charge in [-0.05, 0) is 52.0 Å². The van der Waals surface area contributed by atoms with E-state index in [1.54, 1.807) is 13.8 Å². The molecule has 0 aromatic heterocycles. The van der Waals surface area contributed by atoms with Crippen LogP contribution >= 0.6 is 0 Å². The summed E-state index contributed by atoms with van der Waals surface area (Å²) in [5.74, 6) is -1.76. The first kappa shape index (κ1) is 18.1. The maximum atomic E-state index is 12.0. The van der Waals surface area contributed by atoms with Crippen LogP contribution < -0.4 is 10.0 Å². The second-order valence-electron chi connectivity index (χ2n) is 5.68. The number of carbonyl (C=O) groups excluding carboxylic acids is 1. The zero-order chi connectivity index (χ0) is 17.1. The maximum absolute atomic E-state index is 12.0. The van der Waals surface area contributed by atoms with Crippen LogP contribution in [0, 0.1) is 0 Å². The van der Waals surface area contributed by atoms with Gasteiger partial charge in [0.15, 0.2) is 0 Å². The van der Waals surface area contributed by atoms with Gasteiger partial charge in [-0.3, -0.25) is 4.79 Å². The fourth-order valence-corrected chi connectivity index (χ4v) is 2.82. The van der Waals surface area contributed by atoms with Crippen molar-refractivity contribution in [1.82, 2.24) is 10.0 Å². The third-order valence-electron chi connectivity index (χ3n) is 2.78. The number of sulfonamides is 1. The summed E-state index contributed by atoms with van der Waals surface area (Å²) in [7, 11) is -3.63. The molecule has 0 aliphatic rings. The standard InChI is InChI=1S/C14H20N2O5S/c1-9(2)16-22(20,21)11-7-5-10(6-8-11)12(17)15-14(3,4)13(18)19/h5-9,16H,1-4H3,(H,15,17)(H,18,19). The maximum Gasteiger partial charge on any atom is 0.328 e. The fourth-order valence-electron chi connectivity index (χ4n) is 1.57. The van der Waals surface area contributed by atoms with Crippen molar-refractivity contribution in [2.45, 2.75) is 44.2 Å². The highest BCUT2D eigenvalue weighted by Crippen LogP contribution is 2.12. The lowest BCUT2D eigenvalue weighted by molar-refractivity contribution is -0.143. The summed E-state index contributed by atoms with van der Waals surface area (Å²) >= 11 is 0. The van der Waals surface area contributed by atoms with E-state index in [0.717, 1.165) is 0 Å². The van der Waals surface area contributed by atoms with Gasteiger partial charge in [0.1, 0.15) is 5.54 Å². The van der Waals surface area contributed by atoms with Crippen molar-refractivity contribution < 1.29 is 23.1 Å². The Balaban J connectivity index is 2.94. The molecule has 1 aromatic rings. The van der Waals surface area contributed by atoms with Crippen molar-refractivity contribution in [3.8, 4) is 0 Å². The van der Waals surface area contributed by atoms with Crippen molar-refractivity contribution in [3.63, 3.8) is 0 Å². The van der Waals surface area contributed by atoms with Gasteiger partial charge < -0.3 is 10.4 Å². The van der Waals surface area contributed by atoms with Gasteiger partial charge in [0.25, 0.3) is 5.91 Å². The molecule has 122 valence electrons. The molecule has 0 bridgehead atoms. The normalized spacial score (nSPS) is 12.2. The van der Waals surface area contributed by atoms with Gasteiger partial charge in [0.05, 0.1) is 4.90 Å². The minimum absolute atomic E-state index is 0.0373. The predicted molar refractivity (Wildman–Crippen MR) is 81.1 cm³/mol. The van der Waals surface area contributed by atoms with Crippen molar-refractivity contribution in [1.29, 1.82) is 0 Å². The number of amides is 1. The summed E-state index contributed by atoms with van der Waals surface area (Å²) in [6.07, 6.45) is 0. The molecule has 8 heteroatoms. The summed E-state index contributed by atoms with van der Waals surface area (Å²) in [6.45, 7) is 6.12. The third kappa shape index (κ3) is 4.54. The van der Waals surface area contributed by atoms with Gasteiger partial charge in [-0.25, -0.2) is 17.9 Å². The summed E-state index contributed by atoms with van der Waals surface area (Å²) in [6, 6.07) is 5.02. The zero-order valence-corrected chi connectivity index (χ0v) is 13.7. The fraction of sp³-hybridized carbons (Fsp3) is 0.429. The SMILES string of the molecule is CC(C)NS(=O)(=O)c1ccc(C(=O)NC(C)(C)C(=O)O)cc1. The van der Waals surface area contributed by atoms with Crippen LogP contribution in [-0.2, 0) is 14.8 Å². The molecule has 0 atom stereocenters. The molecular formula is C14H20N2O5S. The third-order valence-corrected chi connectivity index (χ3v) is 4.45. The van der Waals surface area contributed by atoms with E-state index in [4.69, 9.17) is 5.11 Å². The van der Waals surface area contributed by atoms with E-state index < -0.39 is 27.4 Å². The average Bonchev–Trinajstić information content (AvgIpc) is 2.36. The van der Waals surface area contributed by atoms with E-state index in [-0.39, 0.29) is 16.5 Å². The average molecular weight is 328 g/mol. The molecule has 1 aromatic carbocycles. The molecule has 22 heavy (non-hydrogen) atoms. The van der Waals surface area contributed by atoms with Crippen LogP contribution in [0.5, 0.6) is 0 Å². The van der Waals surface area contributed by atoms with E-state index in [1.807, 2.05) is 0 Å². The van der Waals surface area contributed by atoms with E-state index in [0.29, 0.717) is 0 Å². The highest BCUT2D eigenvalue weighted by molar-refractivity contribution is 7.89. The number of aliphatic carboxylic acids is 1. The largest absolute Gasteiger partial charge is 0.480 e. The molecule has 0 radical (unpaired) electrons. The summed E-state index contributed by atoms with van der Waals surface area (Å²) in [5, 5.41) is 11.3. The molecule has 0 fully saturated rings. The second-order valence-corrected chi connectivity index (χ2v) is 7.40. The van der Waals surface area contributed by atoms with Crippen molar-refractivity contribution in [2.24, 2.45) is 0 Å². The number of nitrogens with one attached hydrogen (secondary N) is 2. The molecule has 0 unspecified atom stereocenters. The lowest BCUT2D eigenvalue weighted by Crippen LogP contribution is -2.49. The Kier molecular flexibility index (Phi) is 5.31. The number of hydrogen-bond acceptors (Lipinski definition) is 4. The molecule has 0 heterocycles. The quantitative estimate of drug-likeness (QED) is 0.720. The van der Waals surface area contributed by atoms with E-state index in [2.05, 4.69) is 10.0 Å². The van der Waals surface area contributed by atoms with Crippen LogP contribution in [0.4, 0.5) is 0 Å². The summed E-state index contributed by atoms with van der Waals surface area (Å²) in [5.41, 5.74) is -1.24. The highest BCUT2D eigenvalue weighted by Gasteiger charge is 2.29. The highest BCUT2D eigenvalue weighted by atomic mass is 32.2. The van der Waals surface area contributed by atoms with E-state index >= 15 is 0 Å². The first-order chi connectivity index (χ1) is 9.95. The van der Waals surface area contributed by atoms with E-state index in [1.165, 1.54) is 38.1 Å². The number of benzene rings is 1. The van der Waals surface area contributed by atoms with Crippen LogP contribution in [0.15, 0.2) is 29.2 Å². The first-order valence-corrected chi connectivity index (χ1v) is 8.12. The lowest BCUT2D eigenvalue weighted by Gasteiger charge is -2.21. The molecule has 1 rings (SSSR count). The van der Waals surface area contributed by atoms with Gasteiger partial charge in [-0.1, -0.05) is 0 Å². The Morgan fingerprint density at radius 2 is 1.64 bits per heavy atom. The number of hydrogen-bond donors (Lipinski definition) is 3. The number of carbonyl (C=O) groups is 2. The second kappa shape index (κ2) is 6.45. The molecule has 0 aliphatic carbocycles. The smallest absolute Gasteiger partial charge is 0.328 e. The Morgan fingerprint density at radius 3 is 2.05 bits per heavy atom. The molecule has 3 N–H and O–H groups in total. The summed E-state index contributed by atoms with van der Waals surface area (Å²) in [4.78, 5) is 23.0. The van der Waals surface area contributed by atoms with Gasteiger partial charge >= 0.3 is 5.97 Å². The van der Waals surface area contributed by atoms with Gasteiger partial charge in [-0.15, -0.1) is 0 Å². The molecule has 0 saturated heterocycles. The Morgan fingerprint density at radius 1 is 1.14 bits per heavy atom. The van der Waals surface area contributed by atoms with Gasteiger partial charge in [-0.2, -0.15) is 0 Å². The van der Waals surface area contributed by atoms with Crippen LogP contribution in [0.2, 0.25) is 0 Å². The minimum atomic E-state index is -3.63. The lowest BCUT2D eigenvalue weighted by atomic mass is 10.1. The van der Waals surface area contributed by atoms with E-state index in [9.17, 15) is 18.0 Å². The number of carboxylic acid groups (broad SMARTS) is 1. The van der Waals surface area contributed by atoms with Crippen LogP contribution in [-0.4, -0.2) is 37.0 Å². The van der Waals surface area contributed by atoms with Crippen LogP contribution in [0.1, 0.15) is 38.1 Å². The number of rotatable bonds is 6. The molecule has 7 nitrogen and oxygen atoms in total. The minimum Gasteiger partial charge on any atom is -0.480 e. The van der Waals surface area contributed by atoms with Crippen molar-refractivity contribution in [2.75, 3.05) is 0 Å². The Hall–Kier alpha value is -1.93. The van der Waals surface area contributed by atoms with Crippen molar-refractivity contribution in [3.05, 3.63) is 29.8 Å². The molecule has 0 spiro atoms. The molecule has 0 saturated carbocycles. The Labute approximate surface area is 129 Å². The predicted octanol–water partition coefficient (Wildman–Crippen LogP) is 0.966. The molecule has 1 amide bonds. The van der Waals surface area contributed by atoms with Crippen molar-refractivity contribution >= 4 is 21.9 Å². The molecule has 0 aliphatic heterocycles. The van der Waals surface area contributed by atoms with Crippen LogP contribution in [0.25, 0.3) is 0 Å².